The van der Waals surface area contributed by atoms with E-state index in [1.165, 1.54) is 18.2 Å². The molecule has 108 valence electrons. The molecule has 0 bridgehead atoms. The van der Waals surface area contributed by atoms with Gasteiger partial charge >= 0.3 is 5.97 Å². The number of carbonyl (C=O) groups excluding carboxylic acids is 1. The number of anilines is 2. The van der Waals surface area contributed by atoms with Gasteiger partial charge in [-0.1, -0.05) is 0 Å². The Morgan fingerprint density at radius 1 is 1.00 bits per heavy atom. The van der Waals surface area contributed by atoms with Crippen molar-refractivity contribution in [3.63, 3.8) is 0 Å². The van der Waals surface area contributed by atoms with Crippen LogP contribution >= 0.6 is 31.9 Å². The van der Waals surface area contributed by atoms with Crippen molar-refractivity contribution >= 4 is 55.1 Å². The maximum absolute atomic E-state index is 12.1. The average Bonchev–Trinajstić information content (AvgIpc) is 2.43. The second kappa shape index (κ2) is 6.28. The van der Waals surface area contributed by atoms with E-state index in [0.717, 1.165) is 0 Å². The van der Waals surface area contributed by atoms with Gasteiger partial charge in [0.2, 0.25) is 0 Å². The Kier molecular flexibility index (Phi) is 4.64. The molecule has 21 heavy (non-hydrogen) atoms. The number of halogens is 2. The zero-order valence-electron chi connectivity index (χ0n) is 10.6. The van der Waals surface area contributed by atoms with E-state index in [1.807, 2.05) is 0 Å². The van der Waals surface area contributed by atoms with Crippen molar-refractivity contribution < 1.29 is 14.7 Å². The van der Waals surface area contributed by atoms with Gasteiger partial charge in [-0.2, -0.15) is 0 Å². The van der Waals surface area contributed by atoms with Crippen molar-refractivity contribution in [3.8, 4) is 0 Å². The van der Waals surface area contributed by atoms with Crippen molar-refractivity contribution in [2.24, 2.45) is 0 Å². The lowest BCUT2D eigenvalue weighted by Gasteiger charge is -2.09. The quantitative estimate of drug-likeness (QED) is 0.668. The van der Waals surface area contributed by atoms with Gasteiger partial charge in [-0.05, 0) is 68.3 Å². The van der Waals surface area contributed by atoms with Crippen LogP contribution in [0.1, 0.15) is 20.7 Å². The van der Waals surface area contributed by atoms with Gasteiger partial charge in [0.25, 0.3) is 5.91 Å². The Balaban J connectivity index is 2.23. The van der Waals surface area contributed by atoms with Crippen LogP contribution in [0, 0.1) is 0 Å². The third-order valence-corrected chi connectivity index (χ3v) is 4.07. The smallest absolute Gasteiger partial charge is 0.335 e. The molecule has 2 rings (SSSR count). The molecule has 2 aromatic carbocycles. The van der Waals surface area contributed by atoms with E-state index in [-0.39, 0.29) is 11.5 Å². The summed E-state index contributed by atoms with van der Waals surface area (Å²) < 4.78 is 1.13. The summed E-state index contributed by atoms with van der Waals surface area (Å²) in [6.07, 6.45) is 0. The number of carboxylic acids is 1. The Hall–Kier alpha value is -1.86. The lowest BCUT2D eigenvalue weighted by atomic mass is 10.1. The predicted molar refractivity (Wildman–Crippen MR) is 87.6 cm³/mol. The van der Waals surface area contributed by atoms with Crippen LogP contribution in [0.2, 0.25) is 0 Å². The van der Waals surface area contributed by atoms with Crippen molar-refractivity contribution in [2.45, 2.75) is 0 Å². The highest BCUT2D eigenvalue weighted by molar-refractivity contribution is 9.11. The number of carboxylic acid groups (broad SMARTS) is 1. The van der Waals surface area contributed by atoms with Crippen LogP contribution in [-0.2, 0) is 0 Å². The summed E-state index contributed by atoms with van der Waals surface area (Å²) in [7, 11) is 0. The summed E-state index contributed by atoms with van der Waals surface area (Å²) in [6, 6.07) is 9.22. The van der Waals surface area contributed by atoms with Gasteiger partial charge in [-0.15, -0.1) is 0 Å². The summed E-state index contributed by atoms with van der Waals surface area (Å²) in [4.78, 5) is 23.0. The highest BCUT2D eigenvalue weighted by atomic mass is 79.9. The number of amides is 1. The Bertz CT molecular complexity index is 732. The van der Waals surface area contributed by atoms with Crippen molar-refractivity contribution in [1.82, 2.24) is 0 Å². The number of nitrogens with two attached hydrogens (primary N) is 1. The lowest BCUT2D eigenvalue weighted by molar-refractivity contribution is 0.0696. The fourth-order valence-electron chi connectivity index (χ4n) is 1.61. The summed E-state index contributed by atoms with van der Waals surface area (Å²) in [5.41, 5.74) is 7.26. The van der Waals surface area contributed by atoms with Crippen LogP contribution in [0.4, 0.5) is 11.4 Å². The van der Waals surface area contributed by atoms with Crippen LogP contribution in [0.5, 0.6) is 0 Å². The number of aromatic carboxylic acids is 1. The molecule has 0 aliphatic heterocycles. The molecule has 0 spiro atoms. The number of nitrogens with one attached hydrogen (secondary N) is 1. The van der Waals surface area contributed by atoms with Crippen molar-refractivity contribution in [3.05, 3.63) is 56.5 Å². The Morgan fingerprint density at radius 2 is 1.62 bits per heavy atom. The average molecular weight is 414 g/mol. The molecule has 0 fully saturated rings. The molecule has 1 amide bonds. The third kappa shape index (κ3) is 3.62. The van der Waals surface area contributed by atoms with Crippen molar-refractivity contribution in [2.75, 3.05) is 11.1 Å². The molecule has 0 aromatic heterocycles. The predicted octanol–water partition coefficient (Wildman–Crippen LogP) is 3.74. The van der Waals surface area contributed by atoms with E-state index in [1.54, 1.807) is 18.2 Å². The standard InChI is InChI=1S/C14H10Br2N2O3/c15-9-5-7(1-3-11(9)17)13(19)18-12-4-2-8(14(20)21)6-10(12)16/h1-6H,17H2,(H,18,19)(H,20,21). The van der Waals surface area contributed by atoms with Gasteiger partial charge in [0.1, 0.15) is 0 Å². The number of hydrogen-bond acceptors (Lipinski definition) is 3. The van der Waals surface area contributed by atoms with Crippen LogP contribution in [0.25, 0.3) is 0 Å². The fourth-order valence-corrected chi connectivity index (χ4v) is 2.47. The fraction of sp³-hybridized carbons (Fsp3) is 0. The summed E-state index contributed by atoms with van der Waals surface area (Å²) in [5, 5.41) is 11.6. The second-order valence-electron chi connectivity index (χ2n) is 4.19. The summed E-state index contributed by atoms with van der Waals surface area (Å²) in [5.74, 6) is -1.35. The van der Waals surface area contributed by atoms with E-state index in [2.05, 4.69) is 37.2 Å². The molecule has 0 aliphatic rings. The number of nitrogen functional groups attached to an aromatic ring is 1. The van der Waals surface area contributed by atoms with E-state index in [9.17, 15) is 9.59 Å². The molecule has 0 radical (unpaired) electrons. The first-order valence-electron chi connectivity index (χ1n) is 5.77. The highest BCUT2D eigenvalue weighted by Gasteiger charge is 2.11. The first-order valence-corrected chi connectivity index (χ1v) is 7.36. The van der Waals surface area contributed by atoms with E-state index in [0.29, 0.717) is 25.9 Å². The van der Waals surface area contributed by atoms with Crippen LogP contribution in [-0.4, -0.2) is 17.0 Å². The topological polar surface area (TPSA) is 92.4 Å². The van der Waals surface area contributed by atoms with Crippen LogP contribution in [0.15, 0.2) is 45.3 Å². The van der Waals surface area contributed by atoms with Gasteiger partial charge in [0, 0.05) is 20.2 Å². The first kappa shape index (κ1) is 15.5. The Morgan fingerprint density at radius 3 is 2.19 bits per heavy atom. The van der Waals surface area contributed by atoms with Gasteiger partial charge in [0.05, 0.1) is 11.3 Å². The summed E-state index contributed by atoms with van der Waals surface area (Å²) >= 11 is 6.50. The molecule has 0 heterocycles. The number of hydrogen-bond donors (Lipinski definition) is 3. The van der Waals surface area contributed by atoms with Crippen molar-refractivity contribution in [1.29, 1.82) is 0 Å². The molecular weight excluding hydrogens is 404 g/mol. The Labute approximate surface area is 137 Å². The molecular formula is C14H10Br2N2O3. The zero-order chi connectivity index (χ0) is 15.6. The molecule has 7 heteroatoms. The van der Waals surface area contributed by atoms with Gasteiger partial charge < -0.3 is 16.2 Å². The molecule has 2 aromatic rings. The molecule has 0 atom stereocenters. The van der Waals surface area contributed by atoms with Crippen LogP contribution in [0.3, 0.4) is 0 Å². The first-order chi connectivity index (χ1) is 9.88. The second-order valence-corrected chi connectivity index (χ2v) is 5.90. The number of benzene rings is 2. The molecule has 0 unspecified atom stereocenters. The van der Waals surface area contributed by atoms with Gasteiger partial charge in [-0.25, -0.2) is 4.79 Å². The van der Waals surface area contributed by atoms with Gasteiger partial charge in [-0.3, -0.25) is 4.79 Å². The molecule has 5 nitrogen and oxygen atoms in total. The maximum Gasteiger partial charge on any atom is 0.335 e. The van der Waals surface area contributed by atoms with Crippen LogP contribution < -0.4 is 11.1 Å². The maximum atomic E-state index is 12.1. The number of carbonyl (C=O) groups is 2. The van der Waals surface area contributed by atoms with E-state index >= 15 is 0 Å². The lowest BCUT2D eigenvalue weighted by Crippen LogP contribution is -2.12. The van der Waals surface area contributed by atoms with E-state index < -0.39 is 5.97 Å². The SMILES string of the molecule is Nc1ccc(C(=O)Nc2ccc(C(=O)O)cc2Br)cc1Br. The highest BCUT2D eigenvalue weighted by Crippen LogP contribution is 2.25. The minimum absolute atomic E-state index is 0.134. The zero-order valence-corrected chi connectivity index (χ0v) is 13.7. The molecule has 4 N–H and O–H groups in total. The largest absolute Gasteiger partial charge is 0.478 e. The normalized spacial score (nSPS) is 10.2. The molecule has 0 saturated carbocycles. The molecule has 0 saturated heterocycles. The van der Waals surface area contributed by atoms with E-state index in [4.69, 9.17) is 10.8 Å². The number of rotatable bonds is 3. The minimum Gasteiger partial charge on any atom is -0.478 e. The van der Waals surface area contributed by atoms with Gasteiger partial charge in [0.15, 0.2) is 0 Å². The minimum atomic E-state index is -1.03. The third-order valence-electron chi connectivity index (χ3n) is 2.73. The molecule has 0 aliphatic carbocycles. The summed E-state index contributed by atoms with van der Waals surface area (Å²) in [6.45, 7) is 0. The monoisotopic (exact) mass is 412 g/mol.